The summed E-state index contributed by atoms with van der Waals surface area (Å²) in [6.45, 7) is 1.68. The van der Waals surface area contributed by atoms with Gasteiger partial charge in [0.1, 0.15) is 11.6 Å². The second kappa shape index (κ2) is 8.46. The Labute approximate surface area is 175 Å². The minimum atomic E-state index is -0.861. The van der Waals surface area contributed by atoms with E-state index in [9.17, 15) is 23.7 Å². The van der Waals surface area contributed by atoms with Crippen LogP contribution in [-0.4, -0.2) is 43.5 Å². The third-order valence-corrected chi connectivity index (χ3v) is 5.10. The van der Waals surface area contributed by atoms with Crippen LogP contribution in [0.25, 0.3) is 11.3 Å². The fraction of sp³-hybridized carbons (Fsp3) is 0.250. The van der Waals surface area contributed by atoms with Crippen molar-refractivity contribution in [2.24, 2.45) is 5.92 Å². The third-order valence-electron chi connectivity index (χ3n) is 5.10. The number of benzene rings is 1. The summed E-state index contributed by atoms with van der Waals surface area (Å²) in [4.78, 5) is 33.0. The molecule has 0 spiro atoms. The Morgan fingerprint density at radius 2 is 2.13 bits per heavy atom. The van der Waals surface area contributed by atoms with Gasteiger partial charge in [0.2, 0.25) is 5.82 Å². The number of nitrogens with one attached hydrogen (secondary N) is 1. The normalized spacial score (nSPS) is 15.8. The Hall–Kier alpha value is -3.89. The van der Waals surface area contributed by atoms with E-state index >= 15 is 0 Å². The van der Waals surface area contributed by atoms with Crippen molar-refractivity contribution in [1.82, 2.24) is 19.4 Å². The Kier molecular flexibility index (Phi) is 5.56. The number of hydrogen-bond acceptors (Lipinski definition) is 5. The van der Waals surface area contributed by atoms with E-state index < -0.39 is 28.3 Å². The summed E-state index contributed by atoms with van der Waals surface area (Å²) in [5.41, 5.74) is -0.417. The lowest BCUT2D eigenvalue weighted by atomic mass is 10.1. The largest absolute Gasteiger partial charge is 0.337 e. The molecular formula is C20H18F2N6O3. The van der Waals surface area contributed by atoms with Crippen LogP contribution in [0.2, 0.25) is 0 Å². The monoisotopic (exact) mass is 428 g/mol. The number of halogens is 2. The minimum absolute atomic E-state index is 0.0339. The van der Waals surface area contributed by atoms with Gasteiger partial charge in [-0.15, -0.1) is 0 Å². The summed E-state index contributed by atoms with van der Waals surface area (Å²) in [7, 11) is 0. The van der Waals surface area contributed by atoms with E-state index in [4.69, 9.17) is 0 Å². The summed E-state index contributed by atoms with van der Waals surface area (Å²) in [5.74, 6) is -1.69. The van der Waals surface area contributed by atoms with E-state index in [2.05, 4.69) is 15.3 Å². The molecule has 4 rings (SSSR count). The standard InChI is InChI=1S/C20H18F2N6O3/c21-14-1-2-15(16(22)9-14)17-3-4-18(28(30)31)19(24-17)25-20(29)27-7-5-13(11-27)10-26-8-6-23-12-26/h1-4,6,8-9,12-13H,5,7,10-11H2,(H,24,25,29). The van der Waals surface area contributed by atoms with Crippen LogP contribution in [0, 0.1) is 27.7 Å². The van der Waals surface area contributed by atoms with Crippen molar-refractivity contribution >= 4 is 17.5 Å². The van der Waals surface area contributed by atoms with Crippen molar-refractivity contribution in [2.45, 2.75) is 13.0 Å². The molecule has 0 radical (unpaired) electrons. The topological polar surface area (TPSA) is 106 Å². The maximum absolute atomic E-state index is 14.1. The van der Waals surface area contributed by atoms with Gasteiger partial charge < -0.3 is 9.47 Å². The fourth-order valence-corrected chi connectivity index (χ4v) is 3.58. The fourth-order valence-electron chi connectivity index (χ4n) is 3.58. The molecular weight excluding hydrogens is 410 g/mol. The first kappa shape index (κ1) is 20.4. The number of amides is 2. The van der Waals surface area contributed by atoms with Gasteiger partial charge in [0.25, 0.3) is 0 Å². The maximum atomic E-state index is 14.1. The molecule has 1 aromatic carbocycles. The molecule has 1 unspecified atom stereocenters. The number of aromatic nitrogens is 3. The molecule has 3 heterocycles. The molecule has 9 nitrogen and oxygen atoms in total. The smallest absolute Gasteiger partial charge is 0.323 e. The first-order valence-electron chi connectivity index (χ1n) is 9.53. The van der Waals surface area contributed by atoms with Crippen molar-refractivity contribution in [3.05, 3.63) is 70.8 Å². The molecule has 0 bridgehead atoms. The molecule has 1 N–H and O–H groups in total. The van der Waals surface area contributed by atoms with Crippen LogP contribution in [0.3, 0.4) is 0 Å². The number of pyridine rings is 1. The Morgan fingerprint density at radius 3 is 2.84 bits per heavy atom. The lowest BCUT2D eigenvalue weighted by molar-refractivity contribution is -0.384. The van der Waals surface area contributed by atoms with E-state index in [0.29, 0.717) is 25.7 Å². The molecule has 0 saturated carbocycles. The second-order valence-electron chi connectivity index (χ2n) is 7.24. The van der Waals surface area contributed by atoms with Gasteiger partial charge in [-0.25, -0.2) is 23.5 Å². The van der Waals surface area contributed by atoms with Crippen LogP contribution in [0.5, 0.6) is 0 Å². The molecule has 0 aliphatic carbocycles. The van der Waals surface area contributed by atoms with Gasteiger partial charge in [0.15, 0.2) is 0 Å². The number of likely N-dealkylation sites (tertiary alicyclic amines) is 1. The van der Waals surface area contributed by atoms with Crippen LogP contribution in [0.4, 0.5) is 25.1 Å². The van der Waals surface area contributed by atoms with Gasteiger partial charge in [0, 0.05) is 49.7 Å². The molecule has 11 heteroatoms. The highest BCUT2D eigenvalue weighted by atomic mass is 19.1. The third kappa shape index (κ3) is 4.49. The number of nitro groups is 1. The SMILES string of the molecule is O=C(Nc1nc(-c2ccc(F)cc2F)ccc1[N+](=O)[O-])N1CCC(Cn2ccnc2)C1. The molecule has 1 saturated heterocycles. The molecule has 160 valence electrons. The van der Waals surface area contributed by atoms with Crippen molar-refractivity contribution in [3.63, 3.8) is 0 Å². The van der Waals surface area contributed by atoms with Gasteiger partial charge >= 0.3 is 11.7 Å². The Balaban J connectivity index is 1.52. The number of urea groups is 1. The van der Waals surface area contributed by atoms with Crippen LogP contribution in [-0.2, 0) is 6.54 Å². The molecule has 1 atom stereocenters. The lowest BCUT2D eigenvalue weighted by Crippen LogP contribution is -2.33. The van der Waals surface area contributed by atoms with E-state index in [1.165, 1.54) is 12.1 Å². The van der Waals surface area contributed by atoms with Crippen LogP contribution < -0.4 is 5.32 Å². The van der Waals surface area contributed by atoms with Gasteiger partial charge in [-0.05, 0) is 30.5 Å². The van der Waals surface area contributed by atoms with Crippen molar-refractivity contribution in [2.75, 3.05) is 18.4 Å². The molecule has 2 aromatic heterocycles. The minimum Gasteiger partial charge on any atom is -0.337 e. The zero-order valence-corrected chi connectivity index (χ0v) is 16.2. The number of nitrogens with zero attached hydrogens (tertiary/aromatic N) is 5. The summed E-state index contributed by atoms with van der Waals surface area (Å²) in [6, 6.07) is 4.80. The zero-order valence-electron chi connectivity index (χ0n) is 16.2. The van der Waals surface area contributed by atoms with Crippen LogP contribution in [0.1, 0.15) is 6.42 Å². The van der Waals surface area contributed by atoms with E-state index in [1.54, 1.807) is 17.4 Å². The highest BCUT2D eigenvalue weighted by Crippen LogP contribution is 2.29. The number of imidazole rings is 1. The first-order chi connectivity index (χ1) is 14.9. The average molecular weight is 428 g/mol. The van der Waals surface area contributed by atoms with Gasteiger partial charge in [-0.1, -0.05) is 0 Å². The highest BCUT2D eigenvalue weighted by Gasteiger charge is 2.28. The number of hydrogen-bond donors (Lipinski definition) is 1. The molecule has 1 aliphatic heterocycles. The first-order valence-corrected chi connectivity index (χ1v) is 9.53. The maximum Gasteiger partial charge on any atom is 0.323 e. The van der Waals surface area contributed by atoms with Crippen molar-refractivity contribution in [3.8, 4) is 11.3 Å². The van der Waals surface area contributed by atoms with Gasteiger partial charge in [-0.2, -0.15) is 0 Å². The van der Waals surface area contributed by atoms with Gasteiger partial charge in [-0.3, -0.25) is 15.4 Å². The average Bonchev–Trinajstić information content (AvgIpc) is 3.40. The van der Waals surface area contributed by atoms with E-state index in [1.807, 2.05) is 10.8 Å². The second-order valence-corrected chi connectivity index (χ2v) is 7.24. The summed E-state index contributed by atoms with van der Waals surface area (Å²) < 4.78 is 29.2. The quantitative estimate of drug-likeness (QED) is 0.493. The highest BCUT2D eigenvalue weighted by molar-refractivity contribution is 5.91. The number of rotatable bonds is 5. The lowest BCUT2D eigenvalue weighted by Gasteiger charge is -2.17. The van der Waals surface area contributed by atoms with Crippen LogP contribution in [0.15, 0.2) is 49.1 Å². The number of carbonyl (C=O) groups excluding carboxylic acids is 1. The Bertz CT molecular complexity index is 1120. The van der Waals surface area contributed by atoms with Crippen LogP contribution >= 0.6 is 0 Å². The molecule has 1 aliphatic rings. The van der Waals surface area contributed by atoms with Gasteiger partial charge in [0.05, 0.1) is 16.9 Å². The van der Waals surface area contributed by atoms with Crippen molar-refractivity contribution < 1.29 is 18.5 Å². The Morgan fingerprint density at radius 1 is 1.29 bits per heavy atom. The molecule has 3 aromatic rings. The van der Waals surface area contributed by atoms with E-state index in [0.717, 1.165) is 18.6 Å². The summed E-state index contributed by atoms with van der Waals surface area (Å²) in [5, 5.41) is 13.9. The molecule has 31 heavy (non-hydrogen) atoms. The zero-order chi connectivity index (χ0) is 22.0. The summed E-state index contributed by atoms with van der Waals surface area (Å²) in [6.07, 6.45) is 6.01. The number of carbonyl (C=O) groups is 1. The van der Waals surface area contributed by atoms with Crippen molar-refractivity contribution in [1.29, 1.82) is 0 Å². The number of anilines is 1. The summed E-state index contributed by atoms with van der Waals surface area (Å²) >= 11 is 0. The molecule has 1 fully saturated rings. The molecule has 2 amide bonds. The predicted molar refractivity (Wildman–Crippen MR) is 107 cm³/mol. The predicted octanol–water partition coefficient (Wildman–Crippen LogP) is 3.69. The van der Waals surface area contributed by atoms with E-state index in [-0.39, 0.29) is 23.0 Å².